The van der Waals surface area contributed by atoms with Crippen LogP contribution < -0.4 is 5.32 Å². The fourth-order valence-corrected chi connectivity index (χ4v) is 2.34. The molecule has 0 bridgehead atoms. The van der Waals surface area contributed by atoms with Gasteiger partial charge in [0.2, 0.25) is 0 Å². The van der Waals surface area contributed by atoms with E-state index in [1.165, 1.54) is 33.5 Å². The van der Waals surface area contributed by atoms with Crippen molar-refractivity contribution in [2.75, 3.05) is 26.6 Å². The smallest absolute Gasteiger partial charge is 0.354 e. The minimum atomic E-state index is -0.764. The molecule has 7 nitrogen and oxygen atoms in total. The summed E-state index contributed by atoms with van der Waals surface area (Å²) in [5, 5.41) is 2.89. The summed E-state index contributed by atoms with van der Waals surface area (Å²) in [6, 6.07) is 2.96. The van der Waals surface area contributed by atoms with Crippen LogP contribution in [0.2, 0.25) is 5.02 Å². The molecule has 0 atom stereocenters. The van der Waals surface area contributed by atoms with E-state index in [9.17, 15) is 14.4 Å². The first-order chi connectivity index (χ1) is 10.8. The second-order valence-corrected chi connectivity index (χ2v) is 5.43. The number of esters is 3. The summed E-state index contributed by atoms with van der Waals surface area (Å²) in [5.41, 5.74) is 0.448. The summed E-state index contributed by atoms with van der Waals surface area (Å²) in [4.78, 5) is 34.6. The summed E-state index contributed by atoms with van der Waals surface area (Å²) < 4.78 is 14.2. The molecule has 1 rings (SSSR count). The normalized spacial score (nSPS) is 10.7. The lowest BCUT2D eigenvalue weighted by atomic mass is 10.2. The monoisotopic (exact) mass is 453 g/mol. The zero-order valence-electron chi connectivity index (χ0n) is 12.4. The number of anilines is 1. The van der Waals surface area contributed by atoms with Crippen molar-refractivity contribution < 1.29 is 28.6 Å². The van der Waals surface area contributed by atoms with Crippen LogP contribution in [0.4, 0.5) is 5.69 Å². The van der Waals surface area contributed by atoms with E-state index in [2.05, 4.69) is 19.5 Å². The fourth-order valence-electron chi connectivity index (χ4n) is 1.49. The second-order valence-electron chi connectivity index (χ2n) is 3.98. The first kappa shape index (κ1) is 19.2. The van der Waals surface area contributed by atoms with Gasteiger partial charge in [0.1, 0.15) is 5.70 Å². The molecule has 0 aliphatic heterocycles. The third kappa shape index (κ3) is 4.83. The number of nitrogens with one attached hydrogen (secondary N) is 1. The molecule has 0 fully saturated rings. The van der Waals surface area contributed by atoms with E-state index >= 15 is 0 Å². The van der Waals surface area contributed by atoms with Crippen molar-refractivity contribution in [3.05, 3.63) is 38.1 Å². The minimum Gasteiger partial charge on any atom is -0.466 e. The molecule has 124 valence electrons. The van der Waals surface area contributed by atoms with E-state index in [1.54, 1.807) is 0 Å². The van der Waals surface area contributed by atoms with Gasteiger partial charge in [-0.15, -0.1) is 0 Å². The Bertz CT molecular complexity index is 673. The highest BCUT2D eigenvalue weighted by Gasteiger charge is 2.19. The highest BCUT2D eigenvalue weighted by atomic mass is 127. The van der Waals surface area contributed by atoms with Crippen molar-refractivity contribution in [2.45, 2.75) is 0 Å². The molecule has 9 heteroatoms. The molecule has 0 saturated heterocycles. The van der Waals surface area contributed by atoms with Crippen molar-refractivity contribution in [2.24, 2.45) is 0 Å². The Balaban J connectivity index is 3.22. The third-order valence-electron chi connectivity index (χ3n) is 2.63. The maximum Gasteiger partial charge on any atom is 0.354 e. The lowest BCUT2D eigenvalue weighted by molar-refractivity contribution is -0.138. The Kier molecular flexibility index (Phi) is 7.30. The largest absolute Gasteiger partial charge is 0.466 e. The summed E-state index contributed by atoms with van der Waals surface area (Å²) >= 11 is 8.02. The van der Waals surface area contributed by atoms with Crippen LogP contribution in [-0.2, 0) is 23.8 Å². The standard InChI is InChI=1S/C14H13ClINO6/c1-21-10(18)6-9(14(20)23-3)17-8-5-4-7(13(19)22-2)11(15)12(8)16/h4-6,17H,1-3H3/b9-6+. The van der Waals surface area contributed by atoms with Gasteiger partial charge in [-0.2, -0.15) is 0 Å². The van der Waals surface area contributed by atoms with Gasteiger partial charge < -0.3 is 19.5 Å². The van der Waals surface area contributed by atoms with Crippen LogP contribution in [0, 0.1) is 3.57 Å². The zero-order valence-corrected chi connectivity index (χ0v) is 15.4. The Hall–Kier alpha value is -1.81. The summed E-state index contributed by atoms with van der Waals surface area (Å²) in [7, 11) is 3.60. The number of halogens is 2. The van der Waals surface area contributed by atoms with Crippen LogP contribution >= 0.6 is 34.2 Å². The van der Waals surface area contributed by atoms with E-state index in [4.69, 9.17) is 11.6 Å². The van der Waals surface area contributed by atoms with Crippen molar-refractivity contribution >= 4 is 57.8 Å². The number of carbonyl (C=O) groups is 3. The second kappa shape index (κ2) is 8.73. The molecular formula is C14H13ClINO6. The van der Waals surface area contributed by atoms with E-state index in [1.807, 2.05) is 22.6 Å². The predicted octanol–water partition coefficient (Wildman–Crippen LogP) is 2.37. The van der Waals surface area contributed by atoms with Crippen LogP contribution in [0.3, 0.4) is 0 Å². The van der Waals surface area contributed by atoms with E-state index in [0.29, 0.717) is 9.26 Å². The first-order valence-electron chi connectivity index (χ1n) is 6.07. The number of hydrogen-bond acceptors (Lipinski definition) is 7. The van der Waals surface area contributed by atoms with Crippen LogP contribution in [0.25, 0.3) is 0 Å². The van der Waals surface area contributed by atoms with Crippen molar-refractivity contribution in [3.8, 4) is 0 Å². The molecule has 0 amide bonds. The van der Waals surface area contributed by atoms with E-state index < -0.39 is 17.9 Å². The highest BCUT2D eigenvalue weighted by Crippen LogP contribution is 2.31. The molecule has 1 aromatic carbocycles. The molecular weight excluding hydrogens is 441 g/mol. The van der Waals surface area contributed by atoms with Gasteiger partial charge in [-0.25, -0.2) is 14.4 Å². The van der Waals surface area contributed by atoms with Crippen LogP contribution in [0.1, 0.15) is 10.4 Å². The Morgan fingerprint density at radius 1 is 1.13 bits per heavy atom. The van der Waals surface area contributed by atoms with Gasteiger partial charge in [-0.3, -0.25) is 0 Å². The van der Waals surface area contributed by atoms with E-state index in [0.717, 1.165) is 6.08 Å². The average molecular weight is 454 g/mol. The average Bonchev–Trinajstić information content (AvgIpc) is 2.56. The fraction of sp³-hybridized carbons (Fsp3) is 0.214. The van der Waals surface area contributed by atoms with Crippen molar-refractivity contribution in [3.63, 3.8) is 0 Å². The molecule has 23 heavy (non-hydrogen) atoms. The van der Waals surface area contributed by atoms with Gasteiger partial charge in [0.15, 0.2) is 0 Å². The molecule has 0 spiro atoms. The number of benzene rings is 1. The molecule has 0 aromatic heterocycles. The molecule has 0 saturated carbocycles. The van der Waals surface area contributed by atoms with Gasteiger partial charge in [0.05, 0.1) is 47.2 Å². The van der Waals surface area contributed by atoms with Crippen LogP contribution in [0.5, 0.6) is 0 Å². The Labute approximate surface area is 151 Å². The third-order valence-corrected chi connectivity index (χ3v) is 4.46. The summed E-state index contributed by atoms with van der Waals surface area (Å²) in [6.07, 6.45) is 0.948. The lowest BCUT2D eigenvalue weighted by Gasteiger charge is -2.13. The molecule has 0 aliphatic rings. The van der Waals surface area contributed by atoms with Gasteiger partial charge in [-0.1, -0.05) is 11.6 Å². The first-order valence-corrected chi connectivity index (χ1v) is 7.52. The van der Waals surface area contributed by atoms with Crippen LogP contribution in [0.15, 0.2) is 23.9 Å². The number of methoxy groups -OCH3 is 3. The highest BCUT2D eigenvalue weighted by molar-refractivity contribution is 14.1. The Morgan fingerprint density at radius 2 is 1.78 bits per heavy atom. The topological polar surface area (TPSA) is 90.9 Å². The predicted molar refractivity (Wildman–Crippen MR) is 91.2 cm³/mol. The van der Waals surface area contributed by atoms with E-state index in [-0.39, 0.29) is 16.3 Å². The molecule has 0 unspecified atom stereocenters. The SMILES string of the molecule is COC(=O)/C=C(/Nc1ccc(C(=O)OC)c(Cl)c1I)C(=O)OC. The maximum absolute atomic E-state index is 11.7. The van der Waals surface area contributed by atoms with Crippen molar-refractivity contribution in [1.82, 2.24) is 0 Å². The van der Waals surface area contributed by atoms with Crippen LogP contribution in [-0.4, -0.2) is 39.2 Å². The van der Waals surface area contributed by atoms with Gasteiger partial charge in [0.25, 0.3) is 0 Å². The molecule has 1 aromatic rings. The number of carbonyl (C=O) groups excluding carboxylic acids is 3. The molecule has 0 heterocycles. The zero-order chi connectivity index (χ0) is 17.6. The quantitative estimate of drug-likeness (QED) is 0.317. The molecule has 0 aliphatic carbocycles. The molecule has 1 N–H and O–H groups in total. The Morgan fingerprint density at radius 3 is 2.30 bits per heavy atom. The van der Waals surface area contributed by atoms with Crippen molar-refractivity contribution in [1.29, 1.82) is 0 Å². The summed E-state index contributed by atoms with van der Waals surface area (Å²) in [6.45, 7) is 0. The van der Waals surface area contributed by atoms with Gasteiger partial charge in [-0.05, 0) is 34.7 Å². The number of ether oxygens (including phenoxy) is 3. The minimum absolute atomic E-state index is 0.140. The van der Waals surface area contributed by atoms with Gasteiger partial charge >= 0.3 is 17.9 Å². The lowest BCUT2D eigenvalue weighted by Crippen LogP contribution is -2.16. The van der Waals surface area contributed by atoms with Gasteiger partial charge in [0, 0.05) is 0 Å². The maximum atomic E-state index is 11.7. The molecule has 0 radical (unpaired) electrons. The summed E-state index contributed by atoms with van der Waals surface area (Å²) in [5.74, 6) is -2.08. The number of rotatable bonds is 5. The number of hydrogen-bond donors (Lipinski definition) is 1.